The molecule has 0 aliphatic carbocycles. The second-order valence-corrected chi connectivity index (χ2v) is 7.57. The van der Waals surface area contributed by atoms with Crippen LogP contribution in [0.1, 0.15) is 16.8 Å². The smallest absolute Gasteiger partial charge is 0.287 e. The van der Waals surface area contributed by atoms with Gasteiger partial charge in [0.2, 0.25) is 5.88 Å². The maximum atomic E-state index is 14.7. The largest absolute Gasteiger partial charge is 0.466 e. The number of aromatic nitrogens is 4. The van der Waals surface area contributed by atoms with Crippen LogP contribution >= 0.6 is 0 Å². The number of benzene rings is 2. The molecule has 1 saturated heterocycles. The van der Waals surface area contributed by atoms with Crippen molar-refractivity contribution in [2.24, 2.45) is 0 Å². The first-order valence-corrected chi connectivity index (χ1v) is 10.1. The van der Waals surface area contributed by atoms with Crippen molar-refractivity contribution < 1.29 is 18.3 Å². The third kappa shape index (κ3) is 3.77. The molecule has 32 heavy (non-hydrogen) atoms. The Kier molecular flexibility index (Phi) is 5.01. The van der Waals surface area contributed by atoms with E-state index < -0.39 is 18.4 Å². The Labute approximate surface area is 182 Å². The molecule has 1 atom stereocenters. The quantitative estimate of drug-likeness (QED) is 0.488. The number of amides is 1. The Morgan fingerprint density at radius 1 is 1.06 bits per heavy atom. The standard InChI is InChI=1S/C23H19F2N5O2/c24-23(25)11-12-29(22(31)17-6-2-4-8-19(17)30-15-26-14-27-30)13-20(23)32-21-10-9-16-5-1-3-7-18(16)28-21/h1-10,14-15,20H,11-13H2. The van der Waals surface area contributed by atoms with Crippen molar-refractivity contribution in [1.29, 1.82) is 0 Å². The van der Waals surface area contributed by atoms with E-state index in [4.69, 9.17) is 4.74 Å². The van der Waals surface area contributed by atoms with E-state index in [1.807, 2.05) is 18.2 Å². The monoisotopic (exact) mass is 435 g/mol. The maximum Gasteiger partial charge on any atom is 0.287 e. The number of fused-ring (bicyclic) bond motifs is 1. The molecule has 0 radical (unpaired) electrons. The number of piperidine rings is 1. The van der Waals surface area contributed by atoms with Crippen LogP contribution in [-0.2, 0) is 0 Å². The molecule has 0 spiro atoms. The zero-order valence-electron chi connectivity index (χ0n) is 16.9. The number of hydrogen-bond donors (Lipinski definition) is 0. The van der Waals surface area contributed by atoms with Gasteiger partial charge in [-0.1, -0.05) is 30.3 Å². The Balaban J connectivity index is 1.39. The fourth-order valence-corrected chi connectivity index (χ4v) is 3.79. The van der Waals surface area contributed by atoms with Crippen LogP contribution in [0.2, 0.25) is 0 Å². The first-order valence-electron chi connectivity index (χ1n) is 10.1. The number of rotatable bonds is 4. The summed E-state index contributed by atoms with van der Waals surface area (Å²) in [6.07, 6.45) is 0.840. The second kappa shape index (κ2) is 7.99. The van der Waals surface area contributed by atoms with Crippen molar-refractivity contribution >= 4 is 16.8 Å². The summed E-state index contributed by atoms with van der Waals surface area (Å²) in [7, 11) is 0. The van der Waals surface area contributed by atoms with Gasteiger partial charge < -0.3 is 9.64 Å². The fourth-order valence-electron chi connectivity index (χ4n) is 3.79. The van der Waals surface area contributed by atoms with Crippen LogP contribution in [0, 0.1) is 0 Å². The molecular formula is C23H19F2N5O2. The molecule has 1 aliphatic rings. The summed E-state index contributed by atoms with van der Waals surface area (Å²) in [5.41, 5.74) is 1.53. The lowest BCUT2D eigenvalue weighted by atomic mass is 10.0. The van der Waals surface area contributed by atoms with Crippen molar-refractivity contribution in [2.45, 2.75) is 18.4 Å². The molecule has 7 nitrogen and oxygen atoms in total. The number of para-hydroxylation sites is 2. The van der Waals surface area contributed by atoms with E-state index in [0.29, 0.717) is 16.8 Å². The molecular weight excluding hydrogens is 416 g/mol. The molecule has 0 bridgehead atoms. The first-order chi connectivity index (χ1) is 15.5. The highest BCUT2D eigenvalue weighted by Gasteiger charge is 2.47. The predicted molar refractivity (Wildman–Crippen MR) is 113 cm³/mol. The lowest BCUT2D eigenvalue weighted by molar-refractivity contribution is -0.131. The number of carbonyl (C=O) groups excluding carboxylic acids is 1. The SMILES string of the molecule is O=C(c1ccccc1-n1cncn1)N1CCC(F)(F)C(Oc2ccc3ccccc3n2)C1. The lowest BCUT2D eigenvalue weighted by Gasteiger charge is -2.38. The van der Waals surface area contributed by atoms with Crippen LogP contribution in [0.25, 0.3) is 16.6 Å². The molecule has 0 N–H and O–H groups in total. The topological polar surface area (TPSA) is 73.1 Å². The van der Waals surface area contributed by atoms with Crippen molar-refractivity contribution in [3.8, 4) is 11.6 Å². The van der Waals surface area contributed by atoms with Crippen molar-refractivity contribution in [3.05, 3.63) is 78.9 Å². The number of carbonyl (C=O) groups is 1. The number of halogens is 2. The van der Waals surface area contributed by atoms with Gasteiger partial charge in [0.25, 0.3) is 11.8 Å². The number of alkyl halides is 2. The third-order valence-corrected chi connectivity index (χ3v) is 5.50. The molecule has 1 aliphatic heterocycles. The molecule has 9 heteroatoms. The molecule has 2 aromatic heterocycles. The van der Waals surface area contributed by atoms with E-state index in [1.54, 1.807) is 42.5 Å². The van der Waals surface area contributed by atoms with Crippen LogP contribution in [0.4, 0.5) is 8.78 Å². The Hall–Kier alpha value is -3.88. The summed E-state index contributed by atoms with van der Waals surface area (Å²) in [6, 6.07) is 17.6. The molecule has 5 rings (SSSR count). The van der Waals surface area contributed by atoms with Gasteiger partial charge in [0.1, 0.15) is 12.7 Å². The van der Waals surface area contributed by atoms with E-state index in [0.717, 1.165) is 5.39 Å². The highest BCUT2D eigenvalue weighted by molar-refractivity contribution is 5.97. The van der Waals surface area contributed by atoms with Gasteiger partial charge in [-0.15, -0.1) is 0 Å². The predicted octanol–water partition coefficient (Wildman–Crippen LogP) is 3.74. The minimum atomic E-state index is -3.09. The molecule has 4 aromatic rings. The first kappa shape index (κ1) is 20.0. The van der Waals surface area contributed by atoms with E-state index in [9.17, 15) is 13.6 Å². The third-order valence-electron chi connectivity index (χ3n) is 5.50. The fraction of sp³-hybridized carbons (Fsp3) is 0.217. The van der Waals surface area contributed by atoms with Gasteiger partial charge in [-0.05, 0) is 24.3 Å². The van der Waals surface area contributed by atoms with Crippen LogP contribution in [-0.4, -0.2) is 55.7 Å². The normalized spacial score (nSPS) is 17.9. The van der Waals surface area contributed by atoms with E-state index >= 15 is 0 Å². The number of ether oxygens (including phenoxy) is 1. The van der Waals surface area contributed by atoms with E-state index in [-0.39, 0.29) is 24.9 Å². The molecule has 0 saturated carbocycles. The summed E-state index contributed by atoms with van der Waals surface area (Å²) in [5.74, 6) is -3.35. The highest BCUT2D eigenvalue weighted by atomic mass is 19.3. The molecule has 1 unspecified atom stereocenters. The van der Waals surface area contributed by atoms with Gasteiger partial charge in [0.15, 0.2) is 6.10 Å². The van der Waals surface area contributed by atoms with Crippen molar-refractivity contribution in [2.75, 3.05) is 13.1 Å². The van der Waals surface area contributed by atoms with Gasteiger partial charge in [0.05, 0.1) is 23.3 Å². The van der Waals surface area contributed by atoms with Gasteiger partial charge in [-0.25, -0.2) is 23.4 Å². The van der Waals surface area contributed by atoms with Crippen molar-refractivity contribution in [1.82, 2.24) is 24.6 Å². The number of nitrogens with zero attached hydrogens (tertiary/aromatic N) is 5. The minimum Gasteiger partial charge on any atom is -0.466 e. The maximum absolute atomic E-state index is 14.7. The Bertz CT molecular complexity index is 1260. The second-order valence-electron chi connectivity index (χ2n) is 7.57. The average Bonchev–Trinajstić information content (AvgIpc) is 3.35. The summed E-state index contributed by atoms with van der Waals surface area (Å²) >= 11 is 0. The summed E-state index contributed by atoms with van der Waals surface area (Å²) in [4.78, 5) is 22.9. The zero-order chi connectivity index (χ0) is 22.1. The number of hydrogen-bond acceptors (Lipinski definition) is 5. The van der Waals surface area contributed by atoms with Gasteiger partial charge in [-0.3, -0.25) is 4.79 Å². The Morgan fingerprint density at radius 2 is 1.88 bits per heavy atom. The zero-order valence-corrected chi connectivity index (χ0v) is 16.9. The summed E-state index contributed by atoms with van der Waals surface area (Å²) in [5, 5.41) is 4.96. The highest BCUT2D eigenvalue weighted by Crippen LogP contribution is 2.32. The van der Waals surface area contributed by atoms with E-state index in [1.165, 1.54) is 22.2 Å². The van der Waals surface area contributed by atoms with Crippen LogP contribution in [0.15, 0.2) is 73.3 Å². The number of likely N-dealkylation sites (tertiary alicyclic amines) is 1. The van der Waals surface area contributed by atoms with Crippen LogP contribution < -0.4 is 4.74 Å². The molecule has 1 fully saturated rings. The molecule has 162 valence electrons. The van der Waals surface area contributed by atoms with Gasteiger partial charge in [0, 0.05) is 24.4 Å². The molecule has 2 aromatic carbocycles. The van der Waals surface area contributed by atoms with Crippen LogP contribution in [0.5, 0.6) is 5.88 Å². The average molecular weight is 435 g/mol. The van der Waals surface area contributed by atoms with Gasteiger partial charge in [-0.2, -0.15) is 5.10 Å². The van der Waals surface area contributed by atoms with Crippen molar-refractivity contribution in [3.63, 3.8) is 0 Å². The molecule has 1 amide bonds. The van der Waals surface area contributed by atoms with Crippen LogP contribution in [0.3, 0.4) is 0 Å². The summed E-state index contributed by atoms with van der Waals surface area (Å²) < 4.78 is 36.5. The molecule has 3 heterocycles. The summed E-state index contributed by atoms with van der Waals surface area (Å²) in [6.45, 7) is -0.339. The van der Waals surface area contributed by atoms with E-state index in [2.05, 4.69) is 15.1 Å². The number of pyridine rings is 1. The minimum absolute atomic E-state index is 0.0808. The Morgan fingerprint density at radius 3 is 2.72 bits per heavy atom. The van der Waals surface area contributed by atoms with Gasteiger partial charge >= 0.3 is 0 Å². The lowest BCUT2D eigenvalue weighted by Crippen LogP contribution is -2.55.